The van der Waals surface area contributed by atoms with Crippen molar-refractivity contribution in [3.05, 3.63) is 0 Å². The molecule has 0 aliphatic heterocycles. The van der Waals surface area contributed by atoms with Gasteiger partial charge >= 0.3 is 0 Å². The third-order valence-corrected chi connectivity index (χ3v) is 2.55. The van der Waals surface area contributed by atoms with E-state index in [0.717, 1.165) is 19.3 Å². The van der Waals surface area contributed by atoms with E-state index in [1.807, 2.05) is 0 Å². The molecule has 1 aliphatic carbocycles. The minimum Gasteiger partial charge on any atom is -0.394 e. The number of hydrogen-bond acceptors (Lipinski definition) is 4. The van der Waals surface area contributed by atoms with Crippen molar-refractivity contribution in [2.24, 2.45) is 5.73 Å². The summed E-state index contributed by atoms with van der Waals surface area (Å²) >= 11 is 0. The van der Waals surface area contributed by atoms with Gasteiger partial charge in [-0.15, -0.1) is 0 Å². The standard InChI is InChI=1S/C9H19NO3/c1-12-4-5-13-8-2-3-9(10,6-8)7-11/h8,11H,2-7,10H2,1H3. The smallest absolute Gasteiger partial charge is 0.0704 e. The average molecular weight is 189 g/mol. The van der Waals surface area contributed by atoms with Gasteiger partial charge in [-0.25, -0.2) is 0 Å². The molecule has 0 aromatic carbocycles. The van der Waals surface area contributed by atoms with Crippen molar-refractivity contribution in [1.82, 2.24) is 0 Å². The Kier molecular flexibility index (Phi) is 4.12. The van der Waals surface area contributed by atoms with Crippen LogP contribution in [-0.2, 0) is 9.47 Å². The zero-order chi connectivity index (χ0) is 9.73. The van der Waals surface area contributed by atoms with E-state index in [1.54, 1.807) is 7.11 Å². The lowest BCUT2D eigenvalue weighted by Crippen LogP contribution is -2.41. The highest BCUT2D eigenvalue weighted by Crippen LogP contribution is 2.29. The molecular formula is C9H19NO3. The number of aliphatic hydroxyl groups is 1. The highest BCUT2D eigenvalue weighted by molar-refractivity contribution is 4.93. The van der Waals surface area contributed by atoms with Gasteiger partial charge in [0.2, 0.25) is 0 Å². The molecular weight excluding hydrogens is 170 g/mol. The molecule has 1 saturated carbocycles. The summed E-state index contributed by atoms with van der Waals surface area (Å²) in [4.78, 5) is 0. The maximum Gasteiger partial charge on any atom is 0.0704 e. The van der Waals surface area contributed by atoms with Crippen LogP contribution >= 0.6 is 0 Å². The molecule has 4 heteroatoms. The Morgan fingerprint density at radius 2 is 2.31 bits per heavy atom. The lowest BCUT2D eigenvalue weighted by molar-refractivity contribution is 0.0164. The first kappa shape index (κ1) is 10.9. The molecule has 1 fully saturated rings. The lowest BCUT2D eigenvalue weighted by Gasteiger charge is -2.20. The van der Waals surface area contributed by atoms with E-state index >= 15 is 0 Å². The molecule has 3 N–H and O–H groups in total. The number of hydrogen-bond donors (Lipinski definition) is 2. The first-order valence-electron chi connectivity index (χ1n) is 4.70. The summed E-state index contributed by atoms with van der Waals surface area (Å²) in [6.45, 7) is 1.28. The van der Waals surface area contributed by atoms with Crippen molar-refractivity contribution in [2.75, 3.05) is 26.9 Å². The average Bonchev–Trinajstić information content (AvgIpc) is 2.50. The molecule has 0 amide bonds. The van der Waals surface area contributed by atoms with Crippen LogP contribution in [0.4, 0.5) is 0 Å². The summed E-state index contributed by atoms with van der Waals surface area (Å²) < 4.78 is 10.4. The van der Waals surface area contributed by atoms with Gasteiger partial charge in [-0.05, 0) is 19.3 Å². The predicted octanol–water partition coefficient (Wildman–Crippen LogP) is -0.108. The number of methoxy groups -OCH3 is 1. The van der Waals surface area contributed by atoms with Gasteiger partial charge in [0, 0.05) is 12.6 Å². The van der Waals surface area contributed by atoms with Gasteiger partial charge in [-0.2, -0.15) is 0 Å². The van der Waals surface area contributed by atoms with Crippen molar-refractivity contribution in [1.29, 1.82) is 0 Å². The second-order valence-corrected chi connectivity index (χ2v) is 3.75. The zero-order valence-electron chi connectivity index (χ0n) is 8.16. The van der Waals surface area contributed by atoms with E-state index in [-0.39, 0.29) is 12.7 Å². The Balaban J connectivity index is 2.17. The van der Waals surface area contributed by atoms with Gasteiger partial charge in [0.05, 0.1) is 25.9 Å². The summed E-state index contributed by atoms with van der Waals surface area (Å²) in [5.41, 5.74) is 5.49. The quantitative estimate of drug-likeness (QED) is 0.592. The molecule has 0 saturated heterocycles. The van der Waals surface area contributed by atoms with Crippen molar-refractivity contribution >= 4 is 0 Å². The maximum absolute atomic E-state index is 9.01. The third-order valence-electron chi connectivity index (χ3n) is 2.55. The van der Waals surface area contributed by atoms with Crippen LogP contribution in [0.3, 0.4) is 0 Å². The fourth-order valence-corrected chi connectivity index (χ4v) is 1.69. The molecule has 0 radical (unpaired) electrons. The molecule has 0 bridgehead atoms. The molecule has 78 valence electrons. The molecule has 4 nitrogen and oxygen atoms in total. The molecule has 1 rings (SSSR count). The SMILES string of the molecule is COCCOC1CCC(N)(CO)C1. The van der Waals surface area contributed by atoms with Gasteiger partial charge in [-0.1, -0.05) is 0 Å². The van der Waals surface area contributed by atoms with Crippen molar-refractivity contribution in [3.63, 3.8) is 0 Å². The van der Waals surface area contributed by atoms with Gasteiger partial charge in [0.25, 0.3) is 0 Å². The van der Waals surface area contributed by atoms with E-state index in [9.17, 15) is 0 Å². The van der Waals surface area contributed by atoms with Gasteiger partial charge in [-0.3, -0.25) is 0 Å². The number of aliphatic hydroxyl groups excluding tert-OH is 1. The van der Waals surface area contributed by atoms with Crippen LogP contribution in [0.15, 0.2) is 0 Å². The highest BCUT2D eigenvalue weighted by Gasteiger charge is 2.35. The Labute approximate surface area is 79.0 Å². The van der Waals surface area contributed by atoms with E-state index in [2.05, 4.69) is 0 Å². The van der Waals surface area contributed by atoms with Crippen LogP contribution in [0.5, 0.6) is 0 Å². The zero-order valence-corrected chi connectivity index (χ0v) is 8.16. The first-order valence-corrected chi connectivity index (χ1v) is 4.70. The normalized spacial score (nSPS) is 33.9. The minimum atomic E-state index is -0.405. The molecule has 1 aliphatic rings. The molecule has 0 aromatic heterocycles. The summed E-state index contributed by atoms with van der Waals surface area (Å²) in [7, 11) is 1.65. The highest BCUT2D eigenvalue weighted by atomic mass is 16.5. The van der Waals surface area contributed by atoms with Crippen LogP contribution in [0.1, 0.15) is 19.3 Å². The van der Waals surface area contributed by atoms with Crippen LogP contribution in [0.25, 0.3) is 0 Å². The molecule has 2 atom stereocenters. The number of ether oxygens (including phenoxy) is 2. The van der Waals surface area contributed by atoms with E-state index in [1.165, 1.54) is 0 Å². The molecule has 2 unspecified atom stereocenters. The van der Waals surface area contributed by atoms with Crippen LogP contribution in [-0.4, -0.2) is 43.7 Å². The largest absolute Gasteiger partial charge is 0.394 e. The summed E-state index contributed by atoms with van der Waals surface area (Å²) in [5.74, 6) is 0. The maximum atomic E-state index is 9.01. The Bertz CT molecular complexity index is 154. The van der Waals surface area contributed by atoms with Gasteiger partial charge < -0.3 is 20.3 Å². The van der Waals surface area contributed by atoms with Crippen molar-refractivity contribution in [3.8, 4) is 0 Å². The Morgan fingerprint density at radius 3 is 2.85 bits per heavy atom. The fourth-order valence-electron chi connectivity index (χ4n) is 1.69. The second kappa shape index (κ2) is 4.91. The monoisotopic (exact) mass is 189 g/mol. The van der Waals surface area contributed by atoms with Crippen molar-refractivity contribution in [2.45, 2.75) is 30.9 Å². The molecule has 13 heavy (non-hydrogen) atoms. The summed E-state index contributed by atoms with van der Waals surface area (Å²) in [6, 6.07) is 0. The van der Waals surface area contributed by atoms with Crippen LogP contribution in [0.2, 0.25) is 0 Å². The van der Waals surface area contributed by atoms with E-state index < -0.39 is 5.54 Å². The first-order chi connectivity index (χ1) is 6.20. The van der Waals surface area contributed by atoms with Crippen molar-refractivity contribution < 1.29 is 14.6 Å². The molecule has 0 heterocycles. The summed E-state index contributed by atoms with van der Waals surface area (Å²) in [5, 5.41) is 9.01. The Hall–Kier alpha value is -0.160. The molecule has 0 aromatic rings. The number of nitrogens with two attached hydrogens (primary N) is 1. The molecule has 0 spiro atoms. The van der Waals surface area contributed by atoms with E-state index in [0.29, 0.717) is 13.2 Å². The number of rotatable bonds is 5. The summed E-state index contributed by atoms with van der Waals surface area (Å²) in [6.07, 6.45) is 2.75. The van der Waals surface area contributed by atoms with Gasteiger partial charge in [0.15, 0.2) is 0 Å². The third kappa shape index (κ3) is 3.23. The second-order valence-electron chi connectivity index (χ2n) is 3.75. The van der Waals surface area contributed by atoms with Gasteiger partial charge in [0.1, 0.15) is 0 Å². The minimum absolute atomic E-state index is 0.0527. The topological polar surface area (TPSA) is 64.7 Å². The lowest BCUT2D eigenvalue weighted by atomic mass is 10.0. The van der Waals surface area contributed by atoms with Crippen LogP contribution < -0.4 is 5.73 Å². The van der Waals surface area contributed by atoms with Crippen LogP contribution in [0, 0.1) is 0 Å². The fraction of sp³-hybridized carbons (Fsp3) is 1.00. The Morgan fingerprint density at radius 1 is 1.54 bits per heavy atom. The van der Waals surface area contributed by atoms with E-state index in [4.69, 9.17) is 20.3 Å². The predicted molar refractivity (Wildman–Crippen MR) is 49.5 cm³/mol.